The minimum Gasteiger partial charge on any atom is -0.459 e. The topological polar surface area (TPSA) is 119 Å². The molecule has 6 atom stereocenters. The van der Waals surface area contributed by atoms with Crippen molar-refractivity contribution in [1.82, 2.24) is 4.90 Å². The molecule has 0 saturated heterocycles. The number of hydrogen-bond acceptors (Lipinski definition) is 10. The summed E-state index contributed by atoms with van der Waals surface area (Å²) in [6.45, 7) is 7.18. The molecule has 1 saturated carbocycles. The highest BCUT2D eigenvalue weighted by molar-refractivity contribution is 7.98. The number of hydrogen-bond donors (Lipinski definition) is 2. The minimum absolute atomic E-state index is 0.0172. The smallest absolute Gasteiger partial charge is 0.410 e. The molecule has 12 heteroatoms. The van der Waals surface area contributed by atoms with E-state index in [-0.39, 0.29) is 69.6 Å². The zero-order valence-corrected chi connectivity index (χ0v) is 44.1. The lowest BCUT2D eigenvalue weighted by molar-refractivity contribution is -0.256. The minimum atomic E-state index is -1.51. The van der Waals surface area contributed by atoms with Gasteiger partial charge in [-0.25, -0.2) is 9.18 Å². The van der Waals surface area contributed by atoms with Crippen LogP contribution in [0.3, 0.4) is 0 Å². The number of unbranched alkanes of at least 4 members (excludes halogenated alkanes) is 11. The molecule has 1 amide bonds. The number of benzene rings is 4. The Hall–Kier alpha value is -5.14. The molecular weight excluding hydrogens is 940 g/mol. The number of halogens is 1. The van der Waals surface area contributed by atoms with E-state index < -0.39 is 23.8 Å². The van der Waals surface area contributed by atoms with Crippen LogP contribution in [0.25, 0.3) is 0 Å². The highest BCUT2D eigenvalue weighted by atomic mass is 32.2. The van der Waals surface area contributed by atoms with Crippen molar-refractivity contribution in [1.29, 1.82) is 0 Å². The molecule has 1 heterocycles. The number of aliphatic hydroxyl groups excluding tert-OH is 2. The maximum atomic E-state index is 15.1. The molecule has 0 aromatic heterocycles. The number of amides is 1. The highest BCUT2D eigenvalue weighted by Gasteiger charge is 2.65. The van der Waals surface area contributed by atoms with Gasteiger partial charge in [-0.3, -0.25) is 4.90 Å². The summed E-state index contributed by atoms with van der Waals surface area (Å²) in [5, 5.41) is 25.2. The standard InChI is InChI=1S/C61H79FN2O8S/c1-4-6-7-8-9-10-11-12-13-21-39-68-60(67)64(43-45-26-28-48(62)29-27-45)57-42-55(63-70-44-46-22-15-14-16-23-46)53-40-47(24-17-19-36-65)52(25-18-20-37-66)58-54-41-50(71-49-30-33-51(73-3)34-31-49)32-35-56(54)72-61(57,59(53)58)69-38-5-2/h5,14-16,22-23,26-35,40-41,47,52,57-59,65-66H,2,4,6-13,17-21,24-25,36-39,42-44H2,1,3H3. The lowest BCUT2D eigenvalue weighted by Crippen LogP contribution is -2.70. The monoisotopic (exact) mass is 1020 g/mol. The third-order valence-electron chi connectivity index (χ3n) is 14.8. The molecule has 1 aliphatic heterocycles. The van der Waals surface area contributed by atoms with E-state index in [1.165, 1.54) is 50.7 Å². The molecule has 4 aromatic rings. The fourth-order valence-corrected chi connectivity index (χ4v) is 11.6. The Balaban J connectivity index is 1.34. The molecule has 73 heavy (non-hydrogen) atoms. The van der Waals surface area contributed by atoms with Crippen LogP contribution in [0.4, 0.5) is 9.18 Å². The number of nitrogens with zero attached hydrogens (tertiary/aromatic N) is 2. The second-order valence-corrected chi connectivity index (χ2v) is 20.7. The quantitative estimate of drug-likeness (QED) is 0.0220. The molecule has 0 radical (unpaired) electrons. The number of thioether (sulfide) groups is 1. The van der Waals surface area contributed by atoms with Gasteiger partial charge in [-0.2, -0.15) is 0 Å². The molecule has 6 unspecified atom stereocenters. The van der Waals surface area contributed by atoms with Crippen LogP contribution in [0.15, 0.2) is 131 Å². The van der Waals surface area contributed by atoms with E-state index in [9.17, 15) is 14.6 Å². The van der Waals surface area contributed by atoms with Crippen molar-refractivity contribution in [3.05, 3.63) is 144 Å². The third-order valence-corrected chi connectivity index (χ3v) is 15.5. The fraction of sp³-hybridized carbons (Fsp3) is 0.508. The van der Waals surface area contributed by atoms with Crippen LogP contribution in [0, 0.1) is 23.6 Å². The number of aliphatic hydroxyl groups is 2. The SMILES string of the molecule is C=CCOC12Oc3ccc(Oc4ccc(SC)cc4)cc3C3C(CCCCO)C(CCCCO)C=C(C(=NOCc4ccccc4)CC1N(Cc1ccc(F)cc1)C(=O)OCCCCCCCCCCCC)C32. The van der Waals surface area contributed by atoms with Gasteiger partial charge in [0.2, 0.25) is 5.79 Å². The number of oxime groups is 1. The molecule has 1 fully saturated rings. The number of fused-ring (bicyclic) bond motifs is 2. The summed E-state index contributed by atoms with van der Waals surface area (Å²) in [6.07, 6.45) is 21.8. The second kappa shape index (κ2) is 29.1. The zero-order chi connectivity index (χ0) is 51.3. The summed E-state index contributed by atoms with van der Waals surface area (Å²) in [4.78, 5) is 24.3. The van der Waals surface area contributed by atoms with Gasteiger partial charge in [0.15, 0.2) is 0 Å². The Morgan fingerprint density at radius 1 is 0.836 bits per heavy atom. The number of allylic oxidation sites excluding steroid dienone is 1. The van der Waals surface area contributed by atoms with E-state index >= 15 is 4.79 Å². The van der Waals surface area contributed by atoms with Crippen LogP contribution < -0.4 is 9.47 Å². The van der Waals surface area contributed by atoms with Crippen LogP contribution in [0.2, 0.25) is 0 Å². The van der Waals surface area contributed by atoms with E-state index in [2.05, 4.69) is 25.6 Å². The van der Waals surface area contributed by atoms with E-state index in [0.717, 1.165) is 73.0 Å². The lowest BCUT2D eigenvalue weighted by atomic mass is 9.55. The second-order valence-electron chi connectivity index (χ2n) is 19.9. The molecular formula is C61H79FN2O8S. The Morgan fingerprint density at radius 3 is 2.21 bits per heavy atom. The van der Waals surface area contributed by atoms with Crippen molar-refractivity contribution in [3.8, 4) is 17.2 Å². The summed E-state index contributed by atoms with van der Waals surface area (Å²) in [5.74, 6) is -0.633. The molecule has 7 rings (SSSR count). The van der Waals surface area contributed by atoms with Gasteiger partial charge >= 0.3 is 6.09 Å². The van der Waals surface area contributed by atoms with Gasteiger partial charge < -0.3 is 34.0 Å². The van der Waals surface area contributed by atoms with Crippen LogP contribution >= 0.6 is 11.8 Å². The van der Waals surface area contributed by atoms with Gasteiger partial charge in [-0.15, -0.1) is 18.3 Å². The van der Waals surface area contributed by atoms with Crippen molar-refractivity contribution in [2.75, 3.05) is 32.7 Å². The van der Waals surface area contributed by atoms with Crippen molar-refractivity contribution in [2.45, 2.75) is 152 Å². The lowest BCUT2D eigenvalue weighted by Gasteiger charge is -2.59. The Bertz CT molecular complexity index is 2360. The number of carbonyl (C=O) groups is 1. The summed E-state index contributed by atoms with van der Waals surface area (Å²) in [7, 11) is 0. The molecule has 0 spiro atoms. The van der Waals surface area contributed by atoms with Crippen molar-refractivity contribution >= 4 is 23.6 Å². The maximum Gasteiger partial charge on any atom is 0.410 e. The maximum absolute atomic E-state index is 15.1. The fourth-order valence-electron chi connectivity index (χ4n) is 11.2. The van der Waals surface area contributed by atoms with Gasteiger partial charge in [-0.05, 0) is 121 Å². The van der Waals surface area contributed by atoms with E-state index in [1.807, 2.05) is 73.0 Å². The Morgan fingerprint density at radius 2 is 1.52 bits per heavy atom. The van der Waals surface area contributed by atoms with Gasteiger partial charge in [0.1, 0.15) is 35.7 Å². The summed E-state index contributed by atoms with van der Waals surface area (Å²) in [5.41, 5.74) is 4.23. The summed E-state index contributed by atoms with van der Waals surface area (Å²) in [6, 6.07) is 29.3. The molecule has 2 N–H and O–H groups in total. The largest absolute Gasteiger partial charge is 0.459 e. The van der Waals surface area contributed by atoms with Crippen LogP contribution in [-0.4, -0.2) is 71.4 Å². The first-order valence-electron chi connectivity index (χ1n) is 27.1. The summed E-state index contributed by atoms with van der Waals surface area (Å²) >= 11 is 1.67. The summed E-state index contributed by atoms with van der Waals surface area (Å²) < 4.78 is 42.1. The highest BCUT2D eigenvalue weighted by Crippen LogP contribution is 2.62. The Labute approximate surface area is 438 Å². The molecule has 10 nitrogen and oxygen atoms in total. The first kappa shape index (κ1) is 55.6. The normalized spacial score (nSPS) is 21.4. The van der Waals surface area contributed by atoms with Crippen LogP contribution in [-0.2, 0) is 27.5 Å². The van der Waals surface area contributed by atoms with Crippen molar-refractivity contribution < 1.29 is 43.2 Å². The number of ether oxygens (including phenoxy) is 4. The first-order valence-corrected chi connectivity index (χ1v) is 28.3. The zero-order valence-electron chi connectivity index (χ0n) is 43.3. The molecule has 4 aromatic carbocycles. The van der Waals surface area contributed by atoms with Gasteiger partial charge in [0.05, 0.1) is 24.8 Å². The van der Waals surface area contributed by atoms with E-state index in [4.69, 9.17) is 28.9 Å². The average molecular weight is 1020 g/mol. The Kier molecular flexibility index (Phi) is 22.2. The predicted molar refractivity (Wildman–Crippen MR) is 290 cm³/mol. The molecule has 394 valence electrons. The molecule has 0 bridgehead atoms. The van der Waals surface area contributed by atoms with Crippen LogP contribution in [0.5, 0.6) is 17.2 Å². The molecule has 2 aliphatic carbocycles. The van der Waals surface area contributed by atoms with Gasteiger partial charge in [0.25, 0.3) is 0 Å². The van der Waals surface area contributed by atoms with Crippen LogP contribution in [0.1, 0.15) is 139 Å². The average Bonchev–Trinajstić information content (AvgIpc) is 3.41. The molecule has 3 aliphatic rings. The number of carbonyl (C=O) groups excluding carboxylic acids is 1. The van der Waals surface area contributed by atoms with Crippen molar-refractivity contribution in [3.63, 3.8) is 0 Å². The van der Waals surface area contributed by atoms with Gasteiger partial charge in [0, 0.05) is 42.6 Å². The van der Waals surface area contributed by atoms with Gasteiger partial charge in [-0.1, -0.05) is 137 Å². The number of rotatable bonds is 31. The van der Waals surface area contributed by atoms with E-state index in [0.29, 0.717) is 41.4 Å². The van der Waals surface area contributed by atoms with Crippen molar-refractivity contribution in [2.24, 2.45) is 22.9 Å². The third kappa shape index (κ3) is 15.0. The van der Waals surface area contributed by atoms with E-state index in [1.54, 1.807) is 34.9 Å². The predicted octanol–water partition coefficient (Wildman–Crippen LogP) is 14.7. The first-order chi connectivity index (χ1) is 35.8.